The molecule has 0 heterocycles. The van der Waals surface area contributed by atoms with E-state index in [4.69, 9.17) is 15.8 Å². The van der Waals surface area contributed by atoms with Crippen molar-refractivity contribution >= 4 is 50.1 Å². The zero-order valence-corrected chi connectivity index (χ0v) is 14.8. The normalized spacial score (nSPS) is 12.2. The summed E-state index contributed by atoms with van der Waals surface area (Å²) >= 11 is 7.76. The highest BCUT2D eigenvalue weighted by molar-refractivity contribution is 14.1. The highest BCUT2D eigenvalue weighted by atomic mass is 127. The van der Waals surface area contributed by atoms with Gasteiger partial charge >= 0.3 is 10.1 Å². The number of halogens is 2. The summed E-state index contributed by atoms with van der Waals surface area (Å²) in [5.41, 5.74) is 1.63. The minimum Gasteiger partial charge on any atom is -0.378 e. The summed E-state index contributed by atoms with van der Waals surface area (Å²) in [5, 5.41) is 0.577. The first kappa shape index (κ1) is 16.3. The van der Waals surface area contributed by atoms with E-state index >= 15 is 0 Å². The Balaban J connectivity index is 2.29. The molecule has 0 unspecified atom stereocenters. The number of rotatable bonds is 4. The second kappa shape index (κ2) is 6.81. The zero-order valence-electron chi connectivity index (χ0n) is 11.1. The predicted octanol–water partition coefficient (Wildman–Crippen LogP) is 4.79. The van der Waals surface area contributed by atoms with Crippen molar-refractivity contribution in [3.63, 3.8) is 0 Å². The summed E-state index contributed by atoms with van der Waals surface area (Å²) in [6.45, 7) is 1.89. The van der Waals surface area contributed by atoms with Crippen LogP contribution >= 0.6 is 34.2 Å². The Morgan fingerprint density at radius 3 is 2.19 bits per heavy atom. The van der Waals surface area contributed by atoms with Crippen LogP contribution in [0.25, 0.3) is 5.76 Å². The molecule has 0 fully saturated rings. The van der Waals surface area contributed by atoms with Crippen molar-refractivity contribution in [2.45, 2.75) is 11.8 Å². The standard InChI is InChI=1S/C15H12ClIO3S/c1-11-2-8-14(9-3-11)21(18,19)20-15(10-17)12-4-6-13(16)7-5-12/h2-10H,1H3/b15-10+. The van der Waals surface area contributed by atoms with Crippen molar-refractivity contribution < 1.29 is 12.6 Å². The van der Waals surface area contributed by atoms with Crippen LogP contribution in [0.4, 0.5) is 0 Å². The average Bonchev–Trinajstić information content (AvgIpc) is 2.46. The molecule has 0 spiro atoms. The molecule has 0 aliphatic carbocycles. The molecule has 0 aliphatic rings. The third kappa shape index (κ3) is 4.21. The van der Waals surface area contributed by atoms with Gasteiger partial charge in [0.15, 0.2) is 5.76 Å². The Hall–Kier alpha value is -1.05. The van der Waals surface area contributed by atoms with Crippen molar-refractivity contribution in [3.8, 4) is 0 Å². The molecule has 21 heavy (non-hydrogen) atoms. The van der Waals surface area contributed by atoms with Crippen LogP contribution < -0.4 is 0 Å². The van der Waals surface area contributed by atoms with E-state index < -0.39 is 10.1 Å². The molecule has 2 aromatic carbocycles. The highest BCUT2D eigenvalue weighted by Gasteiger charge is 2.18. The Labute approximate surface area is 142 Å². The SMILES string of the molecule is Cc1ccc(S(=O)(=O)O/C(=C/I)c2ccc(Cl)cc2)cc1. The molecule has 0 aliphatic heterocycles. The lowest BCUT2D eigenvalue weighted by Gasteiger charge is -2.10. The summed E-state index contributed by atoms with van der Waals surface area (Å²) in [6, 6.07) is 13.3. The monoisotopic (exact) mass is 434 g/mol. The smallest absolute Gasteiger partial charge is 0.339 e. The molecule has 0 atom stereocenters. The molecule has 110 valence electrons. The molecule has 2 aromatic rings. The lowest BCUT2D eigenvalue weighted by atomic mass is 10.2. The first-order valence-corrected chi connectivity index (χ1v) is 9.03. The van der Waals surface area contributed by atoms with E-state index in [1.165, 1.54) is 12.1 Å². The molecule has 0 aromatic heterocycles. The van der Waals surface area contributed by atoms with Gasteiger partial charge in [0.25, 0.3) is 0 Å². The van der Waals surface area contributed by atoms with E-state index in [1.54, 1.807) is 40.5 Å². The Morgan fingerprint density at radius 2 is 1.67 bits per heavy atom. The summed E-state index contributed by atoms with van der Waals surface area (Å²) in [5.74, 6) is 0.257. The van der Waals surface area contributed by atoms with Crippen LogP contribution in [0.3, 0.4) is 0 Å². The topological polar surface area (TPSA) is 43.4 Å². The second-order valence-corrected chi connectivity index (χ2v) is 6.94. The molecule has 0 saturated heterocycles. The van der Waals surface area contributed by atoms with Gasteiger partial charge in [0, 0.05) is 14.7 Å². The van der Waals surface area contributed by atoms with E-state index in [0.29, 0.717) is 10.6 Å². The summed E-state index contributed by atoms with van der Waals surface area (Å²) < 4.78 is 31.3. The first-order chi connectivity index (χ1) is 9.92. The first-order valence-electron chi connectivity index (χ1n) is 6.00. The van der Waals surface area contributed by atoms with Crippen LogP contribution in [-0.2, 0) is 14.3 Å². The summed E-state index contributed by atoms with van der Waals surface area (Å²) in [6.07, 6.45) is 0. The van der Waals surface area contributed by atoms with Gasteiger partial charge in [0.05, 0.1) is 0 Å². The van der Waals surface area contributed by atoms with Crippen molar-refractivity contribution in [3.05, 3.63) is 68.8 Å². The van der Waals surface area contributed by atoms with Crippen LogP contribution in [0.15, 0.2) is 57.5 Å². The van der Waals surface area contributed by atoms with E-state index in [0.717, 1.165) is 5.56 Å². The Bertz CT molecular complexity index is 751. The van der Waals surface area contributed by atoms with Crippen LogP contribution in [0.1, 0.15) is 11.1 Å². The minimum atomic E-state index is -3.85. The zero-order chi connectivity index (χ0) is 15.5. The van der Waals surface area contributed by atoms with Crippen LogP contribution in [0, 0.1) is 6.92 Å². The molecule has 3 nitrogen and oxygen atoms in total. The average molecular weight is 435 g/mol. The molecule has 0 radical (unpaired) electrons. The number of benzene rings is 2. The minimum absolute atomic E-state index is 0.123. The molecule has 0 bridgehead atoms. The fourth-order valence-corrected chi connectivity index (χ4v) is 3.35. The maximum atomic E-state index is 12.3. The fraction of sp³-hybridized carbons (Fsp3) is 0.0667. The quantitative estimate of drug-likeness (QED) is 0.395. The van der Waals surface area contributed by atoms with E-state index in [2.05, 4.69) is 0 Å². The highest BCUT2D eigenvalue weighted by Crippen LogP contribution is 2.25. The van der Waals surface area contributed by atoms with Gasteiger partial charge in [-0.15, -0.1) is 0 Å². The summed E-state index contributed by atoms with van der Waals surface area (Å²) in [4.78, 5) is 0.123. The fourth-order valence-electron chi connectivity index (χ4n) is 1.61. The lowest BCUT2D eigenvalue weighted by molar-refractivity contribution is 0.464. The van der Waals surface area contributed by atoms with Crippen LogP contribution in [0.2, 0.25) is 5.02 Å². The molecular weight excluding hydrogens is 423 g/mol. The van der Waals surface area contributed by atoms with Gasteiger partial charge in [0.2, 0.25) is 0 Å². The van der Waals surface area contributed by atoms with E-state index in [1.807, 2.05) is 29.5 Å². The molecule has 6 heteroatoms. The van der Waals surface area contributed by atoms with E-state index in [9.17, 15) is 8.42 Å². The molecular formula is C15H12ClIO3S. The third-order valence-electron chi connectivity index (χ3n) is 2.74. The Morgan fingerprint density at radius 1 is 1.10 bits per heavy atom. The van der Waals surface area contributed by atoms with Crippen LogP contribution in [-0.4, -0.2) is 8.42 Å². The lowest BCUT2D eigenvalue weighted by Crippen LogP contribution is -2.05. The molecule has 0 N–H and O–H groups in total. The Kier molecular flexibility index (Phi) is 5.29. The van der Waals surface area contributed by atoms with Gasteiger partial charge in [-0.1, -0.05) is 29.3 Å². The van der Waals surface area contributed by atoms with Gasteiger partial charge in [-0.25, -0.2) is 0 Å². The van der Waals surface area contributed by atoms with Crippen LogP contribution in [0.5, 0.6) is 0 Å². The van der Waals surface area contributed by atoms with Gasteiger partial charge in [-0.05, 0) is 65.9 Å². The van der Waals surface area contributed by atoms with Gasteiger partial charge in [-0.2, -0.15) is 8.42 Å². The molecule has 0 saturated carbocycles. The van der Waals surface area contributed by atoms with Gasteiger partial charge in [0.1, 0.15) is 4.90 Å². The summed E-state index contributed by atoms with van der Waals surface area (Å²) in [7, 11) is -3.85. The largest absolute Gasteiger partial charge is 0.378 e. The predicted molar refractivity (Wildman–Crippen MR) is 92.9 cm³/mol. The van der Waals surface area contributed by atoms with Crippen molar-refractivity contribution in [1.82, 2.24) is 0 Å². The second-order valence-electron chi connectivity index (χ2n) is 4.33. The number of hydrogen-bond donors (Lipinski definition) is 0. The third-order valence-corrected chi connectivity index (χ3v) is 4.80. The van der Waals surface area contributed by atoms with Gasteiger partial charge in [-0.3, -0.25) is 0 Å². The van der Waals surface area contributed by atoms with E-state index in [-0.39, 0.29) is 10.7 Å². The van der Waals surface area contributed by atoms with Crippen molar-refractivity contribution in [1.29, 1.82) is 0 Å². The van der Waals surface area contributed by atoms with Crippen molar-refractivity contribution in [2.75, 3.05) is 0 Å². The van der Waals surface area contributed by atoms with Crippen molar-refractivity contribution in [2.24, 2.45) is 0 Å². The van der Waals surface area contributed by atoms with Gasteiger partial charge < -0.3 is 4.18 Å². The maximum absolute atomic E-state index is 12.3. The maximum Gasteiger partial charge on any atom is 0.339 e. The molecule has 0 amide bonds. The molecule has 2 rings (SSSR count). The number of hydrogen-bond acceptors (Lipinski definition) is 3. The number of aryl methyl sites for hydroxylation is 1.